The van der Waals surface area contributed by atoms with Crippen molar-refractivity contribution in [1.29, 1.82) is 0 Å². The number of nitrogens with one attached hydrogen (secondary N) is 1. The van der Waals surface area contributed by atoms with Crippen molar-refractivity contribution >= 4 is 5.91 Å². The highest BCUT2D eigenvalue weighted by molar-refractivity contribution is 5.79. The minimum atomic E-state index is -0.00992. The molecule has 0 aliphatic carbocycles. The van der Waals surface area contributed by atoms with Crippen LogP contribution in [0.5, 0.6) is 11.5 Å². The number of methoxy groups -OCH3 is 2. The first-order valence-electron chi connectivity index (χ1n) is 9.61. The van der Waals surface area contributed by atoms with Gasteiger partial charge in [0.1, 0.15) is 0 Å². The van der Waals surface area contributed by atoms with Gasteiger partial charge >= 0.3 is 0 Å². The molecule has 3 aromatic rings. The molecule has 6 nitrogen and oxygen atoms in total. The van der Waals surface area contributed by atoms with Gasteiger partial charge in [-0.3, -0.25) is 4.79 Å². The summed E-state index contributed by atoms with van der Waals surface area (Å²) >= 11 is 0. The van der Waals surface area contributed by atoms with Crippen LogP contribution in [0.25, 0.3) is 5.69 Å². The maximum Gasteiger partial charge on any atom is 0.224 e. The van der Waals surface area contributed by atoms with E-state index in [4.69, 9.17) is 9.47 Å². The summed E-state index contributed by atoms with van der Waals surface area (Å²) in [6.45, 7) is 4.50. The van der Waals surface area contributed by atoms with Crippen LogP contribution in [0.15, 0.2) is 48.5 Å². The van der Waals surface area contributed by atoms with Crippen LogP contribution in [0.3, 0.4) is 0 Å². The summed E-state index contributed by atoms with van der Waals surface area (Å²) in [4.78, 5) is 12.5. The fraction of sp³-hybridized carbons (Fsp3) is 0.304. The Morgan fingerprint density at radius 2 is 1.76 bits per heavy atom. The number of rotatable bonds is 8. The number of carbonyl (C=O) groups excluding carboxylic acids is 1. The summed E-state index contributed by atoms with van der Waals surface area (Å²) in [5.74, 6) is 1.38. The Kier molecular flexibility index (Phi) is 6.54. The van der Waals surface area contributed by atoms with E-state index in [-0.39, 0.29) is 5.91 Å². The van der Waals surface area contributed by atoms with E-state index < -0.39 is 0 Å². The highest BCUT2D eigenvalue weighted by Crippen LogP contribution is 2.27. The minimum absolute atomic E-state index is 0.00992. The van der Waals surface area contributed by atoms with Crippen molar-refractivity contribution in [3.05, 3.63) is 71.0 Å². The van der Waals surface area contributed by atoms with E-state index in [1.54, 1.807) is 14.2 Å². The first kappa shape index (κ1) is 20.5. The van der Waals surface area contributed by atoms with Gasteiger partial charge in [-0.15, -0.1) is 0 Å². The van der Waals surface area contributed by atoms with Crippen molar-refractivity contribution < 1.29 is 14.3 Å². The maximum absolute atomic E-state index is 12.5. The van der Waals surface area contributed by atoms with E-state index in [0.29, 0.717) is 30.9 Å². The van der Waals surface area contributed by atoms with Crippen molar-refractivity contribution in [3.8, 4) is 17.2 Å². The van der Waals surface area contributed by atoms with Crippen LogP contribution in [0.2, 0.25) is 0 Å². The largest absolute Gasteiger partial charge is 0.493 e. The average molecular weight is 393 g/mol. The Morgan fingerprint density at radius 3 is 2.45 bits per heavy atom. The van der Waals surface area contributed by atoms with Crippen molar-refractivity contribution in [2.45, 2.75) is 26.7 Å². The van der Waals surface area contributed by atoms with Crippen molar-refractivity contribution in [3.63, 3.8) is 0 Å². The normalized spacial score (nSPS) is 10.6. The molecule has 0 radical (unpaired) electrons. The first-order valence-corrected chi connectivity index (χ1v) is 9.61. The van der Waals surface area contributed by atoms with Gasteiger partial charge in [-0.05, 0) is 50.1 Å². The van der Waals surface area contributed by atoms with Crippen molar-refractivity contribution in [1.82, 2.24) is 15.1 Å². The van der Waals surface area contributed by atoms with Gasteiger partial charge in [0.05, 0.1) is 32.0 Å². The third-order valence-corrected chi connectivity index (χ3v) is 4.96. The van der Waals surface area contributed by atoms with Crippen LogP contribution in [0, 0.1) is 13.8 Å². The van der Waals surface area contributed by atoms with Gasteiger partial charge < -0.3 is 14.8 Å². The molecule has 3 rings (SSSR count). The van der Waals surface area contributed by atoms with Crippen molar-refractivity contribution in [2.24, 2.45) is 0 Å². The van der Waals surface area contributed by atoms with E-state index in [2.05, 4.69) is 10.4 Å². The molecule has 1 amide bonds. The highest BCUT2D eigenvalue weighted by Gasteiger charge is 2.15. The summed E-state index contributed by atoms with van der Waals surface area (Å²) in [7, 11) is 3.23. The molecule has 0 unspecified atom stereocenters. The molecule has 0 atom stereocenters. The number of hydrogen-bond acceptors (Lipinski definition) is 4. The summed E-state index contributed by atoms with van der Waals surface area (Å²) in [6.07, 6.45) is 1.03. The van der Waals surface area contributed by atoms with Gasteiger partial charge in [0.15, 0.2) is 11.5 Å². The lowest BCUT2D eigenvalue weighted by Crippen LogP contribution is -2.27. The number of para-hydroxylation sites is 1. The van der Waals surface area contributed by atoms with Crippen molar-refractivity contribution in [2.75, 3.05) is 20.8 Å². The second-order valence-corrected chi connectivity index (χ2v) is 6.86. The van der Waals surface area contributed by atoms with E-state index in [0.717, 1.165) is 28.2 Å². The summed E-state index contributed by atoms with van der Waals surface area (Å²) in [5, 5.41) is 7.61. The number of ether oxygens (including phenoxy) is 2. The third-order valence-electron chi connectivity index (χ3n) is 4.96. The zero-order valence-corrected chi connectivity index (χ0v) is 17.4. The molecule has 1 heterocycles. The Bertz CT molecular complexity index is 981. The number of aromatic nitrogens is 2. The molecule has 0 bridgehead atoms. The second-order valence-electron chi connectivity index (χ2n) is 6.86. The molecule has 0 spiro atoms. The fourth-order valence-corrected chi connectivity index (χ4v) is 3.36. The lowest BCUT2D eigenvalue weighted by Gasteiger charge is -2.10. The van der Waals surface area contributed by atoms with Gasteiger partial charge in [0, 0.05) is 17.8 Å². The van der Waals surface area contributed by atoms with Crippen LogP contribution in [0.1, 0.15) is 22.5 Å². The Hall–Kier alpha value is -3.28. The summed E-state index contributed by atoms with van der Waals surface area (Å²) < 4.78 is 12.5. The molecule has 0 aliphatic rings. The van der Waals surface area contributed by atoms with E-state index in [1.807, 2.05) is 67.1 Å². The third kappa shape index (κ3) is 4.77. The van der Waals surface area contributed by atoms with E-state index in [1.165, 1.54) is 0 Å². The van der Waals surface area contributed by atoms with Crippen LogP contribution in [-0.4, -0.2) is 36.5 Å². The molecular weight excluding hydrogens is 366 g/mol. The lowest BCUT2D eigenvalue weighted by atomic mass is 10.1. The number of benzene rings is 2. The van der Waals surface area contributed by atoms with Gasteiger partial charge in [0.25, 0.3) is 0 Å². The molecule has 1 N–H and O–H groups in total. The van der Waals surface area contributed by atoms with Crippen LogP contribution in [-0.2, 0) is 17.6 Å². The summed E-state index contributed by atoms with van der Waals surface area (Å²) in [5.41, 5.74) is 4.91. The van der Waals surface area contributed by atoms with E-state index >= 15 is 0 Å². The molecule has 0 fully saturated rings. The van der Waals surface area contributed by atoms with Gasteiger partial charge in [0.2, 0.25) is 5.91 Å². The van der Waals surface area contributed by atoms with E-state index in [9.17, 15) is 4.79 Å². The molecule has 152 valence electrons. The average Bonchev–Trinajstić information content (AvgIpc) is 3.02. The topological polar surface area (TPSA) is 65.4 Å². The molecule has 2 aromatic carbocycles. The monoisotopic (exact) mass is 393 g/mol. The number of nitrogens with zero attached hydrogens (tertiary/aromatic N) is 2. The number of hydrogen-bond donors (Lipinski definition) is 1. The Balaban J connectivity index is 1.60. The van der Waals surface area contributed by atoms with Crippen LogP contribution < -0.4 is 14.8 Å². The predicted octanol–water partition coefficient (Wildman–Crippen LogP) is 3.41. The minimum Gasteiger partial charge on any atom is -0.493 e. The maximum atomic E-state index is 12.5. The fourth-order valence-electron chi connectivity index (χ4n) is 3.36. The molecule has 0 aliphatic heterocycles. The molecule has 6 heteroatoms. The van der Waals surface area contributed by atoms with Crippen LogP contribution in [0.4, 0.5) is 0 Å². The lowest BCUT2D eigenvalue weighted by molar-refractivity contribution is -0.120. The Labute approximate surface area is 171 Å². The number of amides is 1. The Morgan fingerprint density at radius 1 is 1.03 bits per heavy atom. The van der Waals surface area contributed by atoms with Gasteiger partial charge in [-0.2, -0.15) is 5.10 Å². The SMILES string of the molecule is COc1ccc(CCNC(=O)Cc2c(C)nn(-c3ccccc3)c2C)cc1OC. The smallest absolute Gasteiger partial charge is 0.224 e. The van der Waals surface area contributed by atoms with Crippen LogP contribution >= 0.6 is 0 Å². The second kappa shape index (κ2) is 9.28. The zero-order chi connectivity index (χ0) is 20.8. The standard InChI is InChI=1S/C23H27N3O3/c1-16-20(17(2)26(25-16)19-8-6-5-7-9-19)15-23(27)24-13-12-18-10-11-21(28-3)22(14-18)29-4/h5-11,14H,12-13,15H2,1-4H3,(H,24,27). The quantitative estimate of drug-likeness (QED) is 0.637. The predicted molar refractivity (Wildman–Crippen MR) is 113 cm³/mol. The summed E-state index contributed by atoms with van der Waals surface area (Å²) in [6, 6.07) is 15.7. The molecule has 1 aromatic heterocycles. The number of aryl methyl sites for hydroxylation is 1. The molecular formula is C23H27N3O3. The molecule has 29 heavy (non-hydrogen) atoms. The number of carbonyl (C=O) groups is 1. The molecule has 0 saturated carbocycles. The first-order chi connectivity index (χ1) is 14.0. The molecule has 0 saturated heterocycles. The highest BCUT2D eigenvalue weighted by atomic mass is 16.5. The van der Waals surface area contributed by atoms with Gasteiger partial charge in [-0.1, -0.05) is 24.3 Å². The van der Waals surface area contributed by atoms with Gasteiger partial charge in [-0.25, -0.2) is 4.68 Å². The zero-order valence-electron chi connectivity index (χ0n) is 17.4.